The zero-order valence-corrected chi connectivity index (χ0v) is 7.86. The molecule has 1 rings (SSSR count). The molecule has 2 atom stereocenters. The van der Waals surface area contributed by atoms with Crippen molar-refractivity contribution in [1.82, 2.24) is 0 Å². The highest BCUT2D eigenvalue weighted by Crippen LogP contribution is 2.16. The van der Waals surface area contributed by atoms with Gasteiger partial charge in [0.1, 0.15) is 0 Å². The number of aliphatic hydroxyl groups excluding tert-OH is 1. The third-order valence-corrected chi connectivity index (χ3v) is 1.98. The second-order valence-electron chi connectivity index (χ2n) is 3.18. The summed E-state index contributed by atoms with van der Waals surface area (Å²) >= 11 is 0. The average Bonchev–Trinajstić information content (AvgIpc) is 2.09. The van der Waals surface area contributed by atoms with Gasteiger partial charge in [-0.1, -0.05) is 6.92 Å². The minimum atomic E-state index is -0.936. The predicted molar refractivity (Wildman–Crippen MR) is 46.0 cm³/mol. The van der Waals surface area contributed by atoms with Crippen LogP contribution < -0.4 is 0 Å². The zero-order valence-electron chi connectivity index (χ0n) is 7.86. The molecule has 0 aromatic carbocycles. The first kappa shape index (κ1) is 10.5. The van der Waals surface area contributed by atoms with Gasteiger partial charge in [0.05, 0.1) is 6.61 Å². The number of aliphatic hydroxyl groups is 1. The number of hydrogen-bond acceptors (Lipinski definition) is 4. The van der Waals surface area contributed by atoms with E-state index in [4.69, 9.17) is 9.47 Å². The fraction of sp³-hybridized carbons (Fsp3) is 0.889. The van der Waals surface area contributed by atoms with Crippen molar-refractivity contribution in [2.45, 2.75) is 45.0 Å². The Hall–Kier alpha value is -0.610. The van der Waals surface area contributed by atoms with Gasteiger partial charge in [-0.3, -0.25) is 4.79 Å². The molecule has 0 bridgehead atoms. The minimum Gasteiger partial charge on any atom is -0.457 e. The zero-order chi connectivity index (χ0) is 9.68. The summed E-state index contributed by atoms with van der Waals surface area (Å²) in [4.78, 5) is 11.1. The molecule has 76 valence electrons. The highest BCUT2D eigenvalue weighted by atomic mass is 16.6. The first-order valence-corrected chi connectivity index (χ1v) is 4.73. The van der Waals surface area contributed by atoms with E-state index in [0.717, 1.165) is 12.8 Å². The number of rotatable bonds is 3. The Kier molecular flexibility index (Phi) is 4.18. The van der Waals surface area contributed by atoms with Crippen molar-refractivity contribution in [2.24, 2.45) is 0 Å². The van der Waals surface area contributed by atoms with Gasteiger partial charge < -0.3 is 14.6 Å². The molecule has 0 amide bonds. The van der Waals surface area contributed by atoms with Crippen molar-refractivity contribution in [2.75, 3.05) is 6.61 Å². The van der Waals surface area contributed by atoms with Crippen molar-refractivity contribution in [1.29, 1.82) is 0 Å². The van der Waals surface area contributed by atoms with Gasteiger partial charge in [0.15, 0.2) is 12.4 Å². The standard InChI is InChI=1S/C9H16O4/c1-2-4-8(10)13-7-5-3-6-12-9(7)11/h7,9,11H,2-6H2,1H3. The van der Waals surface area contributed by atoms with Crippen LogP contribution in [-0.4, -0.2) is 30.1 Å². The molecule has 0 aromatic rings. The molecule has 1 heterocycles. The predicted octanol–water partition coefficient (Wildman–Crippen LogP) is 0.827. The monoisotopic (exact) mass is 188 g/mol. The van der Waals surface area contributed by atoms with Crippen LogP contribution in [0.5, 0.6) is 0 Å². The average molecular weight is 188 g/mol. The fourth-order valence-electron chi connectivity index (χ4n) is 1.29. The van der Waals surface area contributed by atoms with Gasteiger partial charge in [-0.05, 0) is 19.3 Å². The van der Waals surface area contributed by atoms with Crippen molar-refractivity contribution in [3.05, 3.63) is 0 Å². The molecule has 0 radical (unpaired) electrons. The number of esters is 1. The molecule has 1 saturated heterocycles. The molecular weight excluding hydrogens is 172 g/mol. The Morgan fingerprint density at radius 1 is 1.69 bits per heavy atom. The quantitative estimate of drug-likeness (QED) is 0.666. The molecular formula is C9H16O4. The summed E-state index contributed by atoms with van der Waals surface area (Å²) in [6.07, 6.45) is 1.30. The number of carbonyl (C=O) groups is 1. The summed E-state index contributed by atoms with van der Waals surface area (Å²) in [5.74, 6) is -0.253. The molecule has 2 unspecified atom stereocenters. The van der Waals surface area contributed by atoms with Gasteiger partial charge in [0, 0.05) is 6.42 Å². The first-order chi connectivity index (χ1) is 6.24. The highest BCUT2D eigenvalue weighted by molar-refractivity contribution is 5.69. The smallest absolute Gasteiger partial charge is 0.306 e. The lowest BCUT2D eigenvalue weighted by molar-refractivity contribution is -0.206. The summed E-state index contributed by atoms with van der Waals surface area (Å²) < 4.78 is 9.98. The van der Waals surface area contributed by atoms with E-state index < -0.39 is 12.4 Å². The maximum absolute atomic E-state index is 11.1. The van der Waals surface area contributed by atoms with Gasteiger partial charge in [-0.2, -0.15) is 0 Å². The Bertz CT molecular complexity index is 169. The van der Waals surface area contributed by atoms with Crippen LogP contribution in [0.2, 0.25) is 0 Å². The molecule has 0 aromatic heterocycles. The Labute approximate surface area is 77.8 Å². The minimum absolute atomic E-state index is 0.253. The van der Waals surface area contributed by atoms with Crippen LogP contribution in [0.15, 0.2) is 0 Å². The third kappa shape index (κ3) is 3.32. The third-order valence-electron chi connectivity index (χ3n) is 1.98. The second kappa shape index (κ2) is 5.19. The van der Waals surface area contributed by atoms with E-state index >= 15 is 0 Å². The lowest BCUT2D eigenvalue weighted by Crippen LogP contribution is -2.37. The first-order valence-electron chi connectivity index (χ1n) is 4.73. The highest BCUT2D eigenvalue weighted by Gasteiger charge is 2.26. The molecule has 0 spiro atoms. The van der Waals surface area contributed by atoms with E-state index in [-0.39, 0.29) is 5.97 Å². The van der Waals surface area contributed by atoms with E-state index in [1.165, 1.54) is 0 Å². The summed E-state index contributed by atoms with van der Waals surface area (Å²) in [7, 11) is 0. The molecule has 4 nitrogen and oxygen atoms in total. The van der Waals surface area contributed by atoms with Crippen molar-refractivity contribution >= 4 is 5.97 Å². The van der Waals surface area contributed by atoms with Crippen LogP contribution >= 0.6 is 0 Å². The summed E-state index contributed by atoms with van der Waals surface area (Å²) in [5, 5.41) is 9.29. The second-order valence-corrected chi connectivity index (χ2v) is 3.18. The molecule has 0 saturated carbocycles. The summed E-state index contributed by atoms with van der Waals surface area (Å²) in [6.45, 7) is 2.46. The van der Waals surface area contributed by atoms with Crippen LogP contribution in [0.1, 0.15) is 32.6 Å². The van der Waals surface area contributed by atoms with Gasteiger partial charge in [-0.25, -0.2) is 0 Å². The molecule has 1 aliphatic rings. The summed E-state index contributed by atoms with van der Waals surface area (Å²) in [6, 6.07) is 0. The molecule has 1 aliphatic heterocycles. The van der Waals surface area contributed by atoms with E-state index in [0.29, 0.717) is 19.4 Å². The van der Waals surface area contributed by atoms with Crippen molar-refractivity contribution < 1.29 is 19.4 Å². The maximum atomic E-state index is 11.1. The Balaban J connectivity index is 2.29. The topological polar surface area (TPSA) is 55.8 Å². The van der Waals surface area contributed by atoms with Crippen LogP contribution in [0, 0.1) is 0 Å². The van der Waals surface area contributed by atoms with Gasteiger partial charge in [0.25, 0.3) is 0 Å². The van der Waals surface area contributed by atoms with Crippen LogP contribution in [0.25, 0.3) is 0 Å². The maximum Gasteiger partial charge on any atom is 0.306 e. The number of carbonyl (C=O) groups excluding carboxylic acids is 1. The summed E-state index contributed by atoms with van der Waals surface area (Å²) in [5.41, 5.74) is 0. The van der Waals surface area contributed by atoms with E-state index in [9.17, 15) is 9.90 Å². The Morgan fingerprint density at radius 3 is 3.08 bits per heavy atom. The van der Waals surface area contributed by atoms with E-state index in [1.54, 1.807) is 0 Å². The number of hydrogen-bond donors (Lipinski definition) is 1. The van der Waals surface area contributed by atoms with Crippen molar-refractivity contribution in [3.8, 4) is 0 Å². The SMILES string of the molecule is CCCC(=O)OC1CCCOC1O. The van der Waals surface area contributed by atoms with Gasteiger partial charge >= 0.3 is 5.97 Å². The van der Waals surface area contributed by atoms with Gasteiger partial charge in [0.2, 0.25) is 0 Å². The van der Waals surface area contributed by atoms with Crippen LogP contribution in [-0.2, 0) is 14.3 Å². The molecule has 1 N–H and O–H groups in total. The lowest BCUT2D eigenvalue weighted by Gasteiger charge is -2.27. The molecule has 0 aliphatic carbocycles. The lowest BCUT2D eigenvalue weighted by atomic mass is 10.1. The van der Waals surface area contributed by atoms with Gasteiger partial charge in [-0.15, -0.1) is 0 Å². The van der Waals surface area contributed by atoms with E-state index in [2.05, 4.69) is 0 Å². The molecule has 13 heavy (non-hydrogen) atoms. The fourth-order valence-corrected chi connectivity index (χ4v) is 1.29. The molecule has 1 fully saturated rings. The molecule has 4 heteroatoms. The van der Waals surface area contributed by atoms with Crippen LogP contribution in [0.4, 0.5) is 0 Å². The van der Waals surface area contributed by atoms with E-state index in [1.807, 2.05) is 6.92 Å². The number of ether oxygens (including phenoxy) is 2. The Morgan fingerprint density at radius 2 is 2.46 bits per heavy atom. The normalized spacial score (nSPS) is 28.5. The van der Waals surface area contributed by atoms with Crippen LogP contribution in [0.3, 0.4) is 0 Å². The van der Waals surface area contributed by atoms with Crippen molar-refractivity contribution in [3.63, 3.8) is 0 Å². The largest absolute Gasteiger partial charge is 0.457 e.